The van der Waals surface area contributed by atoms with Crippen LogP contribution in [0.3, 0.4) is 0 Å². The van der Waals surface area contributed by atoms with Gasteiger partial charge in [0.05, 0.1) is 6.61 Å². The number of aryl methyl sites for hydroxylation is 1. The SMILES string of the molecule is COCCNCc1cc(Cl)ccc1Sc1ccccc1C. The highest BCUT2D eigenvalue weighted by molar-refractivity contribution is 7.99. The van der Waals surface area contributed by atoms with Gasteiger partial charge in [-0.05, 0) is 42.3 Å². The number of benzene rings is 2. The third-order valence-electron chi connectivity index (χ3n) is 3.13. The van der Waals surface area contributed by atoms with Crippen molar-refractivity contribution in [2.75, 3.05) is 20.3 Å². The van der Waals surface area contributed by atoms with E-state index in [1.165, 1.54) is 20.9 Å². The van der Waals surface area contributed by atoms with Gasteiger partial charge in [0.25, 0.3) is 0 Å². The van der Waals surface area contributed by atoms with Gasteiger partial charge in [-0.3, -0.25) is 0 Å². The summed E-state index contributed by atoms with van der Waals surface area (Å²) in [6, 6.07) is 14.5. The van der Waals surface area contributed by atoms with Crippen LogP contribution in [0.5, 0.6) is 0 Å². The molecule has 2 rings (SSSR count). The van der Waals surface area contributed by atoms with Gasteiger partial charge in [0.1, 0.15) is 0 Å². The fraction of sp³-hybridized carbons (Fsp3) is 0.294. The van der Waals surface area contributed by atoms with Gasteiger partial charge < -0.3 is 10.1 Å². The van der Waals surface area contributed by atoms with Crippen LogP contribution in [0.4, 0.5) is 0 Å². The first-order valence-corrected chi connectivity index (χ1v) is 8.11. The van der Waals surface area contributed by atoms with Crippen molar-refractivity contribution >= 4 is 23.4 Å². The summed E-state index contributed by atoms with van der Waals surface area (Å²) in [7, 11) is 1.71. The lowest BCUT2D eigenvalue weighted by Crippen LogP contribution is -2.18. The Labute approximate surface area is 135 Å². The van der Waals surface area contributed by atoms with Gasteiger partial charge in [-0.15, -0.1) is 0 Å². The number of hydrogen-bond acceptors (Lipinski definition) is 3. The quantitative estimate of drug-likeness (QED) is 0.757. The molecule has 1 N–H and O–H groups in total. The van der Waals surface area contributed by atoms with Crippen molar-refractivity contribution in [2.45, 2.75) is 23.3 Å². The molecule has 112 valence electrons. The monoisotopic (exact) mass is 321 g/mol. The predicted octanol–water partition coefficient (Wildman–Crippen LogP) is 4.54. The van der Waals surface area contributed by atoms with Crippen LogP contribution in [0.25, 0.3) is 0 Å². The average Bonchev–Trinajstić information content (AvgIpc) is 2.48. The average molecular weight is 322 g/mol. The molecule has 2 nitrogen and oxygen atoms in total. The summed E-state index contributed by atoms with van der Waals surface area (Å²) in [5, 5.41) is 4.14. The molecule has 0 aliphatic carbocycles. The van der Waals surface area contributed by atoms with Crippen LogP contribution in [0.15, 0.2) is 52.3 Å². The number of hydrogen-bond donors (Lipinski definition) is 1. The number of halogens is 1. The summed E-state index contributed by atoms with van der Waals surface area (Å²) in [5.41, 5.74) is 2.50. The minimum Gasteiger partial charge on any atom is -0.383 e. The van der Waals surface area contributed by atoms with Crippen LogP contribution in [0, 0.1) is 6.92 Å². The highest BCUT2D eigenvalue weighted by Gasteiger charge is 2.07. The molecule has 0 bridgehead atoms. The van der Waals surface area contributed by atoms with E-state index in [4.69, 9.17) is 16.3 Å². The summed E-state index contributed by atoms with van der Waals surface area (Å²) in [4.78, 5) is 2.51. The van der Waals surface area contributed by atoms with Crippen LogP contribution < -0.4 is 5.32 Å². The highest BCUT2D eigenvalue weighted by atomic mass is 35.5. The normalized spacial score (nSPS) is 10.8. The van der Waals surface area contributed by atoms with E-state index in [9.17, 15) is 0 Å². The molecule has 0 amide bonds. The zero-order chi connectivity index (χ0) is 15.1. The van der Waals surface area contributed by atoms with Crippen molar-refractivity contribution < 1.29 is 4.74 Å². The predicted molar refractivity (Wildman–Crippen MR) is 90.3 cm³/mol. The largest absolute Gasteiger partial charge is 0.383 e. The Bertz CT molecular complexity index is 589. The fourth-order valence-corrected chi connectivity index (χ4v) is 3.18. The Morgan fingerprint density at radius 1 is 1.14 bits per heavy atom. The van der Waals surface area contributed by atoms with Crippen molar-refractivity contribution in [3.8, 4) is 0 Å². The molecule has 0 aliphatic rings. The molecule has 0 unspecified atom stereocenters. The minimum atomic E-state index is 0.709. The molecule has 4 heteroatoms. The van der Waals surface area contributed by atoms with E-state index in [2.05, 4.69) is 42.6 Å². The van der Waals surface area contributed by atoms with E-state index < -0.39 is 0 Å². The molecule has 0 spiro atoms. The van der Waals surface area contributed by atoms with E-state index in [0.29, 0.717) is 6.61 Å². The summed E-state index contributed by atoms with van der Waals surface area (Å²) in [6.45, 7) is 4.46. The van der Waals surface area contributed by atoms with E-state index >= 15 is 0 Å². The van der Waals surface area contributed by atoms with Crippen LogP contribution in [0.1, 0.15) is 11.1 Å². The lowest BCUT2D eigenvalue weighted by Gasteiger charge is -2.12. The molecule has 2 aromatic rings. The first-order chi connectivity index (χ1) is 10.2. The van der Waals surface area contributed by atoms with Gasteiger partial charge in [0.15, 0.2) is 0 Å². The maximum Gasteiger partial charge on any atom is 0.0587 e. The third-order valence-corrected chi connectivity index (χ3v) is 4.67. The van der Waals surface area contributed by atoms with Crippen molar-refractivity contribution in [3.05, 3.63) is 58.6 Å². The van der Waals surface area contributed by atoms with Crippen LogP contribution in [0.2, 0.25) is 5.02 Å². The summed E-state index contributed by atoms with van der Waals surface area (Å²) >= 11 is 7.91. The summed E-state index contributed by atoms with van der Waals surface area (Å²) < 4.78 is 5.05. The maximum atomic E-state index is 6.13. The van der Waals surface area contributed by atoms with E-state index in [-0.39, 0.29) is 0 Å². The smallest absolute Gasteiger partial charge is 0.0587 e. The van der Waals surface area contributed by atoms with Crippen LogP contribution >= 0.6 is 23.4 Å². The lowest BCUT2D eigenvalue weighted by molar-refractivity contribution is 0.199. The number of ether oxygens (including phenoxy) is 1. The zero-order valence-corrected chi connectivity index (χ0v) is 13.9. The molecule has 0 saturated heterocycles. The first-order valence-electron chi connectivity index (χ1n) is 6.92. The molecular formula is C17H20ClNOS. The Hall–Kier alpha value is -1.00. The van der Waals surface area contributed by atoms with Gasteiger partial charge in [0.2, 0.25) is 0 Å². The van der Waals surface area contributed by atoms with E-state index in [1.54, 1.807) is 18.9 Å². The number of methoxy groups -OCH3 is 1. The summed E-state index contributed by atoms with van der Waals surface area (Å²) in [6.07, 6.45) is 0. The molecular weight excluding hydrogens is 302 g/mol. The number of nitrogens with one attached hydrogen (secondary N) is 1. The molecule has 2 aromatic carbocycles. The highest BCUT2D eigenvalue weighted by Crippen LogP contribution is 2.33. The fourth-order valence-electron chi connectivity index (χ4n) is 1.97. The van der Waals surface area contributed by atoms with Gasteiger partial charge >= 0.3 is 0 Å². The second kappa shape index (κ2) is 8.44. The molecule has 0 aromatic heterocycles. The molecule has 0 aliphatic heterocycles. The maximum absolute atomic E-state index is 6.13. The van der Waals surface area contributed by atoms with Crippen molar-refractivity contribution in [1.29, 1.82) is 0 Å². The Morgan fingerprint density at radius 3 is 2.71 bits per heavy atom. The minimum absolute atomic E-state index is 0.709. The molecule has 0 heterocycles. The van der Waals surface area contributed by atoms with Gasteiger partial charge in [0, 0.05) is 35.0 Å². The van der Waals surface area contributed by atoms with Gasteiger partial charge in [-0.25, -0.2) is 0 Å². The lowest BCUT2D eigenvalue weighted by atomic mass is 10.2. The van der Waals surface area contributed by atoms with E-state index in [0.717, 1.165) is 18.1 Å². The molecule has 0 atom stereocenters. The van der Waals surface area contributed by atoms with Gasteiger partial charge in [-0.1, -0.05) is 41.6 Å². The van der Waals surface area contributed by atoms with Gasteiger partial charge in [-0.2, -0.15) is 0 Å². The Kier molecular flexibility index (Phi) is 6.58. The number of rotatable bonds is 7. The van der Waals surface area contributed by atoms with Crippen molar-refractivity contribution in [3.63, 3.8) is 0 Å². The second-order valence-corrected chi connectivity index (χ2v) is 6.31. The van der Waals surface area contributed by atoms with Crippen molar-refractivity contribution in [2.24, 2.45) is 0 Å². The molecule has 21 heavy (non-hydrogen) atoms. The molecule has 0 radical (unpaired) electrons. The second-order valence-electron chi connectivity index (χ2n) is 4.79. The standard InChI is InChI=1S/C17H20ClNOS/c1-13-5-3-4-6-16(13)21-17-8-7-15(18)11-14(17)12-19-9-10-20-2/h3-8,11,19H,9-10,12H2,1-2H3. The van der Waals surface area contributed by atoms with Crippen molar-refractivity contribution in [1.82, 2.24) is 5.32 Å². The first kappa shape index (κ1) is 16.4. The van der Waals surface area contributed by atoms with Crippen LogP contribution in [-0.2, 0) is 11.3 Å². The molecule has 0 saturated carbocycles. The van der Waals surface area contributed by atoms with E-state index in [1.807, 2.05) is 12.1 Å². The zero-order valence-electron chi connectivity index (χ0n) is 12.4. The molecule has 0 fully saturated rings. The van der Waals surface area contributed by atoms with Crippen LogP contribution in [-0.4, -0.2) is 20.3 Å². The summed E-state index contributed by atoms with van der Waals surface area (Å²) in [5.74, 6) is 0. The topological polar surface area (TPSA) is 21.3 Å². The Morgan fingerprint density at radius 2 is 1.95 bits per heavy atom. The third kappa shape index (κ3) is 5.04. The Balaban J connectivity index is 2.13.